The number of nitrogens with zero attached hydrogens (tertiary/aromatic N) is 2. The Morgan fingerprint density at radius 2 is 2.15 bits per heavy atom. The number of nitriles is 1. The molecule has 1 aromatic rings. The number of nitrogens with one attached hydrogen (secondary N) is 1. The van der Waals surface area contributed by atoms with Gasteiger partial charge in [0.15, 0.2) is 0 Å². The summed E-state index contributed by atoms with van der Waals surface area (Å²) in [5, 5.41) is 11.9. The summed E-state index contributed by atoms with van der Waals surface area (Å²) >= 11 is 0. The number of hydrogen-bond donors (Lipinski definition) is 1. The fraction of sp³-hybridized carbons (Fsp3) is 0.474. The van der Waals surface area contributed by atoms with E-state index in [0.29, 0.717) is 17.5 Å². The molecule has 2 fully saturated rings. The minimum Gasteiger partial charge on any atom is -0.459 e. The van der Waals surface area contributed by atoms with Gasteiger partial charge in [-0.3, -0.25) is 14.5 Å². The predicted molar refractivity (Wildman–Crippen MR) is 91.6 cm³/mol. The average Bonchev–Trinajstić information content (AvgIpc) is 2.87. The van der Waals surface area contributed by atoms with Crippen LogP contribution in [0.4, 0.5) is 4.79 Å². The van der Waals surface area contributed by atoms with Crippen molar-refractivity contribution in [2.24, 2.45) is 5.92 Å². The topological polar surface area (TPSA) is 99.5 Å². The quantitative estimate of drug-likeness (QED) is 0.659. The molecule has 1 N–H and O–H groups in total. The Bertz CT molecular complexity index is 785. The van der Waals surface area contributed by atoms with Crippen LogP contribution in [-0.2, 0) is 20.9 Å². The Hall–Kier alpha value is -2.88. The first-order valence-corrected chi connectivity index (χ1v) is 8.75. The third-order valence-electron chi connectivity index (χ3n) is 5.32. The van der Waals surface area contributed by atoms with Crippen LogP contribution in [-0.4, -0.2) is 34.9 Å². The Kier molecular flexibility index (Phi) is 4.94. The lowest BCUT2D eigenvalue weighted by Crippen LogP contribution is -2.54. The second kappa shape index (κ2) is 7.16. The van der Waals surface area contributed by atoms with Crippen LogP contribution in [0, 0.1) is 17.2 Å². The highest BCUT2D eigenvalue weighted by Gasteiger charge is 2.55. The van der Waals surface area contributed by atoms with Crippen molar-refractivity contribution in [2.75, 3.05) is 6.54 Å². The lowest BCUT2D eigenvalue weighted by atomic mass is 9.73. The largest absolute Gasteiger partial charge is 0.459 e. The standard InChI is InChI=1S/C19H21N3O4/c1-13-6-4-5-9-19(13)17(24)22(18(25)21-19)11-16(23)26-12-15-8-3-2-7-14(15)10-20/h2-3,7-8,13H,4-6,9,11-12H2,1H3,(H,21,25)/t13-,19-/m0/s1. The van der Waals surface area contributed by atoms with Gasteiger partial charge in [-0.1, -0.05) is 38.0 Å². The molecule has 7 heteroatoms. The van der Waals surface area contributed by atoms with Crippen LogP contribution in [0.15, 0.2) is 24.3 Å². The second-order valence-electron chi connectivity index (χ2n) is 6.87. The van der Waals surface area contributed by atoms with Crippen molar-refractivity contribution in [1.82, 2.24) is 10.2 Å². The van der Waals surface area contributed by atoms with Crippen LogP contribution < -0.4 is 5.32 Å². The van der Waals surface area contributed by atoms with Gasteiger partial charge in [0.2, 0.25) is 0 Å². The van der Waals surface area contributed by atoms with Crippen LogP contribution in [0.25, 0.3) is 0 Å². The third-order valence-corrected chi connectivity index (χ3v) is 5.32. The van der Waals surface area contributed by atoms with E-state index in [2.05, 4.69) is 5.32 Å². The number of imide groups is 1. The third kappa shape index (κ3) is 3.15. The van der Waals surface area contributed by atoms with Crippen molar-refractivity contribution < 1.29 is 19.1 Å². The SMILES string of the molecule is C[C@H]1CCCC[C@]12NC(=O)N(CC(=O)OCc1ccccc1C#N)C2=O. The Balaban J connectivity index is 1.63. The van der Waals surface area contributed by atoms with Gasteiger partial charge in [-0.2, -0.15) is 5.26 Å². The number of benzene rings is 1. The fourth-order valence-electron chi connectivity index (χ4n) is 3.73. The van der Waals surface area contributed by atoms with Crippen molar-refractivity contribution in [3.05, 3.63) is 35.4 Å². The van der Waals surface area contributed by atoms with Gasteiger partial charge in [0.05, 0.1) is 11.6 Å². The van der Waals surface area contributed by atoms with Crippen molar-refractivity contribution in [2.45, 2.75) is 44.8 Å². The summed E-state index contributed by atoms with van der Waals surface area (Å²) in [6.07, 6.45) is 3.38. The van der Waals surface area contributed by atoms with E-state index in [4.69, 9.17) is 10.00 Å². The molecular weight excluding hydrogens is 334 g/mol. The van der Waals surface area contributed by atoms with Gasteiger partial charge in [-0.15, -0.1) is 0 Å². The first-order valence-electron chi connectivity index (χ1n) is 8.75. The van der Waals surface area contributed by atoms with Gasteiger partial charge >= 0.3 is 12.0 Å². The zero-order chi connectivity index (χ0) is 18.7. The van der Waals surface area contributed by atoms with E-state index in [1.54, 1.807) is 24.3 Å². The molecule has 0 radical (unpaired) electrons. The second-order valence-corrected chi connectivity index (χ2v) is 6.87. The smallest absolute Gasteiger partial charge is 0.326 e. The molecule has 3 rings (SSSR count). The molecule has 1 aliphatic carbocycles. The molecule has 26 heavy (non-hydrogen) atoms. The van der Waals surface area contributed by atoms with E-state index in [-0.39, 0.29) is 18.4 Å². The van der Waals surface area contributed by atoms with Crippen molar-refractivity contribution in [3.63, 3.8) is 0 Å². The highest BCUT2D eigenvalue weighted by molar-refractivity contribution is 6.08. The molecule has 7 nitrogen and oxygen atoms in total. The summed E-state index contributed by atoms with van der Waals surface area (Å²) in [4.78, 5) is 38.1. The minimum atomic E-state index is -0.886. The summed E-state index contributed by atoms with van der Waals surface area (Å²) < 4.78 is 5.17. The molecule has 0 unspecified atom stereocenters. The van der Waals surface area contributed by atoms with Crippen LogP contribution in [0.1, 0.15) is 43.7 Å². The van der Waals surface area contributed by atoms with Crippen molar-refractivity contribution in [1.29, 1.82) is 5.26 Å². The number of urea groups is 1. The number of ether oxygens (including phenoxy) is 1. The molecule has 136 valence electrons. The fourth-order valence-corrected chi connectivity index (χ4v) is 3.73. The molecule has 3 amide bonds. The predicted octanol–water partition coefficient (Wildman–Crippen LogP) is 2.10. The number of carbonyl (C=O) groups is 3. The summed E-state index contributed by atoms with van der Waals surface area (Å²) in [5.74, 6) is -0.984. The number of rotatable bonds is 4. The molecule has 2 atom stereocenters. The highest BCUT2D eigenvalue weighted by atomic mass is 16.5. The number of esters is 1. The van der Waals surface area contributed by atoms with Gasteiger partial charge < -0.3 is 10.1 Å². The summed E-state index contributed by atoms with van der Waals surface area (Å²) in [6, 6.07) is 8.28. The van der Waals surface area contributed by atoms with Crippen LogP contribution in [0.3, 0.4) is 0 Å². The van der Waals surface area contributed by atoms with Gasteiger partial charge in [0.25, 0.3) is 5.91 Å². The van der Waals surface area contributed by atoms with Gasteiger partial charge in [-0.25, -0.2) is 4.79 Å². The molecule has 0 aromatic heterocycles. The van der Waals surface area contributed by atoms with E-state index in [1.165, 1.54) is 0 Å². The lowest BCUT2D eigenvalue weighted by Gasteiger charge is -2.36. The highest BCUT2D eigenvalue weighted by Crippen LogP contribution is 2.38. The molecule has 1 saturated heterocycles. The van der Waals surface area contributed by atoms with Crippen molar-refractivity contribution in [3.8, 4) is 6.07 Å². The van der Waals surface area contributed by atoms with Gasteiger partial charge in [0, 0.05) is 5.56 Å². The molecule has 1 saturated carbocycles. The summed E-state index contributed by atoms with van der Waals surface area (Å²) in [6.45, 7) is 1.46. The maximum Gasteiger partial charge on any atom is 0.326 e. The molecule has 1 spiro atoms. The van der Waals surface area contributed by atoms with Crippen LogP contribution >= 0.6 is 0 Å². The van der Waals surface area contributed by atoms with Gasteiger partial charge in [-0.05, 0) is 24.8 Å². The molecule has 1 heterocycles. The monoisotopic (exact) mass is 355 g/mol. The number of amides is 3. The number of hydrogen-bond acceptors (Lipinski definition) is 5. The zero-order valence-electron chi connectivity index (χ0n) is 14.7. The molecule has 1 aliphatic heterocycles. The van der Waals surface area contributed by atoms with Crippen molar-refractivity contribution >= 4 is 17.9 Å². The van der Waals surface area contributed by atoms with E-state index in [9.17, 15) is 14.4 Å². The minimum absolute atomic E-state index is 0.0382. The van der Waals surface area contributed by atoms with E-state index in [0.717, 1.165) is 24.2 Å². The Labute approximate surface area is 151 Å². The zero-order valence-corrected chi connectivity index (χ0v) is 14.7. The molecule has 1 aromatic carbocycles. The summed E-state index contributed by atoms with van der Waals surface area (Å²) in [5.41, 5.74) is 0.117. The average molecular weight is 355 g/mol. The molecule has 0 bridgehead atoms. The van der Waals surface area contributed by atoms with E-state index in [1.807, 2.05) is 13.0 Å². The van der Waals surface area contributed by atoms with E-state index >= 15 is 0 Å². The van der Waals surface area contributed by atoms with Crippen LogP contribution in [0.5, 0.6) is 0 Å². The maximum absolute atomic E-state index is 12.8. The first kappa shape index (κ1) is 17.9. The molecular formula is C19H21N3O4. The Morgan fingerprint density at radius 1 is 1.38 bits per heavy atom. The molecule has 2 aliphatic rings. The maximum atomic E-state index is 12.8. The lowest BCUT2D eigenvalue weighted by molar-refractivity contribution is -0.149. The first-order chi connectivity index (χ1) is 12.5. The number of carbonyl (C=O) groups excluding carboxylic acids is 3. The van der Waals surface area contributed by atoms with E-state index < -0.39 is 24.1 Å². The normalized spacial score (nSPS) is 25.1. The Morgan fingerprint density at radius 3 is 2.88 bits per heavy atom. The van der Waals surface area contributed by atoms with Gasteiger partial charge in [0.1, 0.15) is 18.7 Å². The van der Waals surface area contributed by atoms with Crippen LogP contribution in [0.2, 0.25) is 0 Å². The summed E-state index contributed by atoms with van der Waals surface area (Å²) in [7, 11) is 0.